The molecule has 1 saturated carbocycles. The van der Waals surface area contributed by atoms with E-state index < -0.39 is 5.60 Å². The van der Waals surface area contributed by atoms with Crippen LogP contribution in [0.15, 0.2) is 24.3 Å². The van der Waals surface area contributed by atoms with Gasteiger partial charge in [0, 0.05) is 25.7 Å². The maximum absolute atomic E-state index is 11.8. The van der Waals surface area contributed by atoms with Gasteiger partial charge in [0.2, 0.25) is 0 Å². The lowest BCUT2D eigenvalue weighted by atomic mass is 9.77. The summed E-state index contributed by atoms with van der Waals surface area (Å²) in [6.45, 7) is 12.3. The number of alkyl carbamates (subject to hydrolysis) is 1. The van der Waals surface area contributed by atoms with Crippen LogP contribution in [0.5, 0.6) is 0 Å². The molecule has 5 heteroatoms. The van der Waals surface area contributed by atoms with Gasteiger partial charge in [-0.25, -0.2) is 4.79 Å². The van der Waals surface area contributed by atoms with E-state index in [0.29, 0.717) is 12.0 Å². The van der Waals surface area contributed by atoms with Crippen LogP contribution in [0.3, 0.4) is 0 Å². The molecule has 178 valence electrons. The number of rotatable bonds is 5. The van der Waals surface area contributed by atoms with Gasteiger partial charge in [0.25, 0.3) is 0 Å². The molecule has 1 aromatic carbocycles. The summed E-state index contributed by atoms with van der Waals surface area (Å²) in [5, 5.41) is 2.84. The van der Waals surface area contributed by atoms with Gasteiger partial charge in [0.05, 0.1) is 0 Å². The molecule has 4 rings (SSSR count). The third kappa shape index (κ3) is 6.48. The first-order valence-electron chi connectivity index (χ1n) is 12.8. The van der Waals surface area contributed by atoms with Crippen molar-refractivity contribution in [2.24, 2.45) is 5.41 Å². The molecule has 0 atom stereocenters. The average molecular weight is 442 g/mol. The Balaban J connectivity index is 1.20. The predicted molar refractivity (Wildman–Crippen MR) is 130 cm³/mol. The monoisotopic (exact) mass is 441 g/mol. The highest BCUT2D eigenvalue weighted by Crippen LogP contribution is 2.42. The van der Waals surface area contributed by atoms with E-state index in [2.05, 4.69) is 39.4 Å². The SMILES string of the molecule is CC(C)(C)OC(=O)NCc1ccc(CN2CCC3(CCN(C4CCCCC4)CC3)C2)cc1. The van der Waals surface area contributed by atoms with Crippen molar-refractivity contribution < 1.29 is 9.53 Å². The van der Waals surface area contributed by atoms with Crippen LogP contribution in [-0.2, 0) is 17.8 Å². The number of nitrogens with one attached hydrogen (secondary N) is 1. The maximum Gasteiger partial charge on any atom is 0.407 e. The highest BCUT2D eigenvalue weighted by molar-refractivity contribution is 5.67. The molecule has 2 heterocycles. The number of hydrogen-bond donors (Lipinski definition) is 1. The molecule has 3 aliphatic rings. The van der Waals surface area contributed by atoms with Gasteiger partial charge in [-0.2, -0.15) is 0 Å². The Hall–Kier alpha value is -1.59. The Morgan fingerprint density at radius 2 is 1.62 bits per heavy atom. The van der Waals surface area contributed by atoms with Gasteiger partial charge < -0.3 is 15.0 Å². The van der Waals surface area contributed by atoms with Gasteiger partial charge in [-0.3, -0.25) is 4.90 Å². The van der Waals surface area contributed by atoms with Gasteiger partial charge >= 0.3 is 6.09 Å². The summed E-state index contributed by atoms with van der Waals surface area (Å²) in [6.07, 6.45) is 11.0. The zero-order chi connectivity index (χ0) is 22.6. The van der Waals surface area contributed by atoms with Gasteiger partial charge in [0.15, 0.2) is 0 Å². The average Bonchev–Trinajstić information content (AvgIpc) is 3.15. The molecule has 1 amide bonds. The summed E-state index contributed by atoms with van der Waals surface area (Å²) in [5.41, 5.74) is 2.56. The van der Waals surface area contributed by atoms with Crippen LogP contribution in [0.1, 0.15) is 83.3 Å². The van der Waals surface area contributed by atoms with Crippen molar-refractivity contribution in [3.8, 4) is 0 Å². The number of nitrogens with zero attached hydrogens (tertiary/aromatic N) is 2. The molecular formula is C27H43N3O2. The molecule has 0 aromatic heterocycles. The zero-order valence-electron chi connectivity index (χ0n) is 20.5. The molecule has 0 radical (unpaired) electrons. The van der Waals surface area contributed by atoms with E-state index in [9.17, 15) is 4.79 Å². The molecule has 1 aliphatic carbocycles. The minimum atomic E-state index is -0.465. The highest BCUT2D eigenvalue weighted by Gasteiger charge is 2.41. The molecule has 1 aromatic rings. The van der Waals surface area contributed by atoms with Gasteiger partial charge in [-0.15, -0.1) is 0 Å². The summed E-state index contributed by atoms with van der Waals surface area (Å²) in [5.74, 6) is 0. The molecule has 3 fully saturated rings. The van der Waals surface area contributed by atoms with E-state index >= 15 is 0 Å². The second-order valence-corrected chi connectivity index (χ2v) is 11.5. The molecule has 0 unspecified atom stereocenters. The number of hydrogen-bond acceptors (Lipinski definition) is 4. The van der Waals surface area contributed by atoms with Crippen LogP contribution in [0.25, 0.3) is 0 Å². The van der Waals surface area contributed by atoms with E-state index in [1.54, 1.807) is 0 Å². The second kappa shape index (κ2) is 10.1. The Bertz CT molecular complexity index is 741. The third-order valence-electron chi connectivity index (χ3n) is 7.73. The Morgan fingerprint density at radius 3 is 2.28 bits per heavy atom. The molecule has 0 bridgehead atoms. The minimum absolute atomic E-state index is 0.363. The summed E-state index contributed by atoms with van der Waals surface area (Å²) >= 11 is 0. The largest absolute Gasteiger partial charge is 0.444 e. The van der Waals surface area contributed by atoms with E-state index in [1.807, 2.05) is 20.8 Å². The van der Waals surface area contributed by atoms with Gasteiger partial charge in [0.1, 0.15) is 5.60 Å². The normalized spacial score (nSPS) is 22.8. The van der Waals surface area contributed by atoms with Crippen molar-refractivity contribution in [3.05, 3.63) is 35.4 Å². The fraction of sp³-hybridized carbons (Fsp3) is 0.741. The van der Waals surface area contributed by atoms with E-state index in [1.165, 1.54) is 83.1 Å². The fourth-order valence-corrected chi connectivity index (χ4v) is 5.89. The summed E-state index contributed by atoms with van der Waals surface area (Å²) in [4.78, 5) is 17.3. The molecule has 32 heavy (non-hydrogen) atoms. The number of carbonyl (C=O) groups excluding carboxylic acids is 1. The Kier molecular flexibility index (Phi) is 7.46. The van der Waals surface area contributed by atoms with Crippen LogP contribution in [0.4, 0.5) is 4.79 Å². The van der Waals surface area contributed by atoms with Gasteiger partial charge in [-0.05, 0) is 89.1 Å². The highest BCUT2D eigenvalue weighted by atomic mass is 16.6. The van der Waals surface area contributed by atoms with Crippen LogP contribution >= 0.6 is 0 Å². The minimum Gasteiger partial charge on any atom is -0.444 e. The van der Waals surface area contributed by atoms with Crippen LogP contribution in [0, 0.1) is 5.41 Å². The quantitative estimate of drug-likeness (QED) is 0.671. The third-order valence-corrected chi connectivity index (χ3v) is 7.73. The van der Waals surface area contributed by atoms with E-state index in [-0.39, 0.29) is 6.09 Å². The van der Waals surface area contributed by atoms with Crippen molar-refractivity contribution >= 4 is 6.09 Å². The summed E-state index contributed by atoms with van der Waals surface area (Å²) < 4.78 is 5.31. The van der Waals surface area contributed by atoms with Crippen LogP contribution in [0.2, 0.25) is 0 Å². The second-order valence-electron chi connectivity index (χ2n) is 11.5. The lowest BCUT2D eigenvalue weighted by Crippen LogP contribution is -2.46. The predicted octanol–water partition coefficient (Wildman–Crippen LogP) is 5.33. The first kappa shape index (κ1) is 23.6. The van der Waals surface area contributed by atoms with E-state index in [0.717, 1.165) is 18.2 Å². The number of benzene rings is 1. The number of likely N-dealkylation sites (tertiary alicyclic amines) is 2. The number of piperidine rings is 1. The zero-order valence-corrected chi connectivity index (χ0v) is 20.5. The molecular weight excluding hydrogens is 398 g/mol. The topological polar surface area (TPSA) is 44.8 Å². The number of carbonyl (C=O) groups is 1. The Morgan fingerprint density at radius 1 is 1.00 bits per heavy atom. The molecule has 2 saturated heterocycles. The fourth-order valence-electron chi connectivity index (χ4n) is 5.89. The number of ether oxygens (including phenoxy) is 1. The summed E-state index contributed by atoms with van der Waals surface area (Å²) in [7, 11) is 0. The van der Waals surface area contributed by atoms with Crippen LogP contribution < -0.4 is 5.32 Å². The van der Waals surface area contributed by atoms with E-state index in [4.69, 9.17) is 4.74 Å². The lowest BCUT2D eigenvalue weighted by molar-refractivity contribution is 0.0523. The molecule has 5 nitrogen and oxygen atoms in total. The lowest BCUT2D eigenvalue weighted by Gasteiger charge is -2.43. The van der Waals surface area contributed by atoms with Crippen molar-refractivity contribution in [1.29, 1.82) is 0 Å². The Labute approximate surface area is 194 Å². The first-order valence-corrected chi connectivity index (χ1v) is 12.8. The van der Waals surface area contributed by atoms with Crippen molar-refractivity contribution in [2.75, 3.05) is 26.2 Å². The van der Waals surface area contributed by atoms with Crippen molar-refractivity contribution in [1.82, 2.24) is 15.1 Å². The first-order chi connectivity index (χ1) is 15.3. The summed E-state index contributed by atoms with van der Waals surface area (Å²) in [6, 6.07) is 9.55. The van der Waals surface area contributed by atoms with Crippen molar-refractivity contribution in [2.45, 2.75) is 96.9 Å². The van der Waals surface area contributed by atoms with Gasteiger partial charge in [-0.1, -0.05) is 43.5 Å². The molecule has 1 N–H and O–H groups in total. The number of amides is 1. The molecule has 1 spiro atoms. The molecule has 2 aliphatic heterocycles. The van der Waals surface area contributed by atoms with Crippen molar-refractivity contribution in [3.63, 3.8) is 0 Å². The van der Waals surface area contributed by atoms with Crippen LogP contribution in [-0.4, -0.2) is 53.7 Å². The standard InChI is InChI=1S/C27H43N3O2/c1-26(2,3)32-25(31)28-19-22-9-11-23(12-10-22)20-29-16-13-27(21-29)14-17-30(18-15-27)24-7-5-4-6-8-24/h9-12,24H,4-8,13-21H2,1-3H3,(H,28,31). The smallest absolute Gasteiger partial charge is 0.407 e. The maximum atomic E-state index is 11.8.